The number of nitrogens with zero attached hydrogens (tertiary/aromatic N) is 1. The first-order chi connectivity index (χ1) is 16.9. The Morgan fingerprint density at radius 1 is 1.05 bits per heavy atom. The van der Waals surface area contributed by atoms with Gasteiger partial charge in [-0.3, -0.25) is 4.79 Å². The lowest BCUT2D eigenvalue weighted by Gasteiger charge is -2.41. The molecule has 0 saturated carbocycles. The van der Waals surface area contributed by atoms with E-state index in [2.05, 4.69) is 0 Å². The molecule has 0 N–H and O–H groups in total. The number of carbonyl (C=O) groups excluding carboxylic acids is 4. The summed E-state index contributed by atoms with van der Waals surface area (Å²) in [6.07, 6.45) is -4.03. The van der Waals surface area contributed by atoms with Crippen molar-refractivity contribution in [2.45, 2.75) is 89.9 Å². The molecule has 1 aliphatic heterocycles. The van der Waals surface area contributed by atoms with Crippen LogP contribution in [0.2, 0.25) is 18.1 Å². The molecule has 2 rings (SSSR count). The average molecular weight is 538 g/mol. The van der Waals surface area contributed by atoms with Gasteiger partial charge in [-0.25, -0.2) is 19.3 Å². The fourth-order valence-corrected chi connectivity index (χ4v) is 4.47. The van der Waals surface area contributed by atoms with Crippen molar-refractivity contribution in [1.29, 1.82) is 0 Å². The van der Waals surface area contributed by atoms with Gasteiger partial charge < -0.3 is 23.4 Å². The Hall–Kier alpha value is -2.92. The lowest BCUT2D eigenvalue weighted by molar-refractivity contribution is -0.159. The fourth-order valence-electron chi connectivity index (χ4n) is 3.43. The smallest absolute Gasteiger partial charge is 0.467 e. The summed E-state index contributed by atoms with van der Waals surface area (Å²) in [5, 5.41) is -0.221. The summed E-state index contributed by atoms with van der Waals surface area (Å²) >= 11 is 0. The van der Waals surface area contributed by atoms with Crippen molar-refractivity contribution in [2.24, 2.45) is 0 Å². The van der Waals surface area contributed by atoms with Crippen LogP contribution in [0.5, 0.6) is 0 Å². The lowest BCUT2D eigenvalue weighted by atomic mass is 9.96. The molecule has 0 aliphatic carbocycles. The van der Waals surface area contributed by atoms with E-state index in [-0.39, 0.29) is 24.7 Å². The van der Waals surface area contributed by atoms with Gasteiger partial charge in [0.1, 0.15) is 12.2 Å². The van der Waals surface area contributed by atoms with E-state index in [1.54, 1.807) is 45.0 Å². The van der Waals surface area contributed by atoms with Crippen LogP contribution in [0.15, 0.2) is 30.3 Å². The van der Waals surface area contributed by atoms with Crippen molar-refractivity contribution in [3.8, 4) is 0 Å². The van der Waals surface area contributed by atoms with E-state index in [1.165, 1.54) is 0 Å². The van der Waals surface area contributed by atoms with E-state index in [4.69, 9.17) is 23.4 Å². The van der Waals surface area contributed by atoms with Crippen LogP contribution in [0.3, 0.4) is 0 Å². The largest absolute Gasteiger partial charge is 0.509 e. The SMILES string of the molecule is COC(=O)[C@@]1(CO[Si](C)(C)C(C)(C)C)C[C@H](OC(=O)OCc2ccccc2)C(=O)N1C(=O)OC(C)(C)C. The lowest BCUT2D eigenvalue weighted by Crippen LogP contribution is -2.60. The minimum absolute atomic E-state index is 0.0764. The van der Waals surface area contributed by atoms with Crippen LogP contribution in [0, 0.1) is 0 Å². The highest BCUT2D eigenvalue weighted by atomic mass is 28.4. The van der Waals surface area contributed by atoms with Crippen molar-refractivity contribution in [3.63, 3.8) is 0 Å². The molecule has 1 aromatic carbocycles. The molecule has 2 atom stereocenters. The number of amides is 2. The van der Waals surface area contributed by atoms with Crippen molar-refractivity contribution in [2.75, 3.05) is 13.7 Å². The van der Waals surface area contributed by atoms with Crippen molar-refractivity contribution in [1.82, 2.24) is 4.90 Å². The number of likely N-dealkylation sites (tertiary alicyclic amines) is 1. The molecule has 37 heavy (non-hydrogen) atoms. The molecule has 2 amide bonds. The molecule has 1 fully saturated rings. The number of carbonyl (C=O) groups is 4. The first-order valence-corrected chi connectivity index (χ1v) is 15.0. The number of hydrogen-bond donors (Lipinski definition) is 0. The van der Waals surface area contributed by atoms with Crippen molar-refractivity contribution < 1.29 is 42.6 Å². The highest BCUT2D eigenvalue weighted by Gasteiger charge is 2.63. The molecule has 10 nitrogen and oxygen atoms in total. The van der Waals surface area contributed by atoms with Gasteiger partial charge in [-0.1, -0.05) is 51.1 Å². The number of ether oxygens (including phenoxy) is 4. The van der Waals surface area contributed by atoms with E-state index in [0.717, 1.165) is 12.7 Å². The number of imide groups is 1. The minimum atomic E-state index is -2.45. The Labute approximate surface area is 219 Å². The monoisotopic (exact) mass is 537 g/mol. The second-order valence-corrected chi connectivity index (χ2v) is 16.4. The van der Waals surface area contributed by atoms with Crippen LogP contribution in [-0.4, -0.2) is 68.3 Å². The van der Waals surface area contributed by atoms with Gasteiger partial charge in [0.25, 0.3) is 5.91 Å². The van der Waals surface area contributed by atoms with Gasteiger partial charge in [0.05, 0.1) is 13.7 Å². The summed E-state index contributed by atoms with van der Waals surface area (Å²) in [4.78, 5) is 53.0. The molecule has 0 spiro atoms. The van der Waals surface area contributed by atoms with Gasteiger partial charge in [-0.05, 0) is 44.5 Å². The van der Waals surface area contributed by atoms with E-state index in [9.17, 15) is 19.2 Å². The molecule has 1 aliphatic rings. The van der Waals surface area contributed by atoms with Crippen LogP contribution in [-0.2, 0) is 39.6 Å². The topological polar surface area (TPSA) is 118 Å². The zero-order chi connectivity index (χ0) is 28.2. The molecular formula is C26H39NO9Si. The standard InChI is InChI=1S/C26H39NO9Si/c1-24(2,3)36-22(30)27-20(28)19(35-23(31)33-16-18-13-11-10-12-14-18)15-26(27,21(29)32-7)17-34-37(8,9)25(4,5)6/h10-14,19H,15-17H2,1-9H3/t19-,26-/m0/s1. The molecule has 0 radical (unpaired) electrons. The molecule has 1 saturated heterocycles. The minimum Gasteiger partial charge on any atom is -0.467 e. The van der Waals surface area contributed by atoms with Crippen LogP contribution >= 0.6 is 0 Å². The number of methoxy groups -OCH3 is 1. The van der Waals surface area contributed by atoms with Gasteiger partial charge >= 0.3 is 18.2 Å². The van der Waals surface area contributed by atoms with Gasteiger partial charge in [0.2, 0.25) is 0 Å². The molecule has 0 bridgehead atoms. The van der Waals surface area contributed by atoms with Gasteiger partial charge in [0.15, 0.2) is 20.0 Å². The van der Waals surface area contributed by atoms with E-state index < -0.39 is 49.7 Å². The highest BCUT2D eigenvalue weighted by molar-refractivity contribution is 6.74. The molecule has 206 valence electrons. The zero-order valence-electron chi connectivity index (χ0n) is 23.2. The number of rotatable bonds is 7. The first kappa shape index (κ1) is 30.3. The number of benzene rings is 1. The maximum atomic E-state index is 13.4. The zero-order valence-corrected chi connectivity index (χ0v) is 24.2. The molecule has 1 aromatic rings. The van der Waals surface area contributed by atoms with Crippen LogP contribution in [0.4, 0.5) is 9.59 Å². The third kappa shape index (κ3) is 7.32. The molecule has 0 unspecified atom stereocenters. The third-order valence-corrected chi connectivity index (χ3v) is 11.0. The molecule has 11 heteroatoms. The maximum absolute atomic E-state index is 13.4. The van der Waals surface area contributed by atoms with Crippen LogP contribution in [0.25, 0.3) is 0 Å². The van der Waals surface area contributed by atoms with Crippen LogP contribution < -0.4 is 0 Å². The maximum Gasteiger partial charge on any atom is 0.509 e. The van der Waals surface area contributed by atoms with Gasteiger partial charge in [-0.15, -0.1) is 0 Å². The van der Waals surface area contributed by atoms with E-state index >= 15 is 0 Å². The summed E-state index contributed by atoms with van der Waals surface area (Å²) in [5.74, 6) is -1.80. The fraction of sp³-hybridized carbons (Fsp3) is 0.615. The second-order valence-electron chi connectivity index (χ2n) is 11.6. The summed E-state index contributed by atoms with van der Waals surface area (Å²) in [5.41, 5.74) is -2.14. The molecule has 1 heterocycles. The summed E-state index contributed by atoms with van der Waals surface area (Å²) in [6.45, 7) is 14.5. The Morgan fingerprint density at radius 2 is 1.65 bits per heavy atom. The predicted molar refractivity (Wildman–Crippen MR) is 137 cm³/mol. The Balaban J connectivity index is 2.37. The number of hydrogen-bond acceptors (Lipinski definition) is 9. The quantitative estimate of drug-likeness (QED) is 0.274. The summed E-state index contributed by atoms with van der Waals surface area (Å²) in [7, 11) is -1.30. The van der Waals surface area contributed by atoms with Crippen molar-refractivity contribution in [3.05, 3.63) is 35.9 Å². The summed E-state index contributed by atoms with van der Waals surface area (Å²) < 4.78 is 27.2. The van der Waals surface area contributed by atoms with Gasteiger partial charge in [-0.2, -0.15) is 0 Å². The average Bonchev–Trinajstić information content (AvgIpc) is 3.07. The predicted octanol–water partition coefficient (Wildman–Crippen LogP) is 4.81. The molecule has 0 aromatic heterocycles. The Bertz CT molecular complexity index is 998. The highest BCUT2D eigenvalue weighted by Crippen LogP contribution is 2.40. The second kappa shape index (κ2) is 11.2. The summed E-state index contributed by atoms with van der Waals surface area (Å²) in [6, 6.07) is 8.92. The third-order valence-electron chi connectivity index (χ3n) is 6.50. The normalized spacial score (nSPS) is 20.4. The Kier molecular flexibility index (Phi) is 9.19. The van der Waals surface area contributed by atoms with Crippen LogP contribution in [0.1, 0.15) is 53.5 Å². The van der Waals surface area contributed by atoms with E-state index in [0.29, 0.717) is 4.90 Å². The van der Waals surface area contributed by atoms with Gasteiger partial charge in [0, 0.05) is 6.42 Å². The Morgan fingerprint density at radius 3 is 2.16 bits per heavy atom. The van der Waals surface area contributed by atoms with Crippen molar-refractivity contribution >= 4 is 32.4 Å². The molecular weight excluding hydrogens is 498 g/mol. The first-order valence-electron chi connectivity index (χ1n) is 12.1. The van der Waals surface area contributed by atoms with E-state index in [1.807, 2.05) is 39.9 Å². The number of esters is 1.